The van der Waals surface area contributed by atoms with Gasteiger partial charge >= 0.3 is 0 Å². The molecule has 0 radical (unpaired) electrons. The van der Waals surface area contributed by atoms with Gasteiger partial charge in [0.1, 0.15) is 5.82 Å². The molecular weight excluding hydrogens is 259 g/mol. The summed E-state index contributed by atoms with van der Waals surface area (Å²) in [5, 5.41) is 19.6. The molecule has 0 saturated carbocycles. The number of hydrogen-bond donors (Lipinski definition) is 2. The van der Waals surface area contributed by atoms with Crippen LogP contribution in [0.3, 0.4) is 0 Å². The fourth-order valence-corrected chi connectivity index (χ4v) is 2.70. The number of piperidine rings is 1. The summed E-state index contributed by atoms with van der Waals surface area (Å²) in [6.07, 6.45) is 2.85. The van der Waals surface area contributed by atoms with Crippen molar-refractivity contribution in [2.45, 2.75) is 38.4 Å². The molecule has 1 fully saturated rings. The number of nitrogens with zero attached hydrogens (tertiary/aromatic N) is 2. The number of rotatable bonds is 5. The molecule has 2 unspecified atom stereocenters. The molecule has 0 amide bonds. The molecule has 1 aromatic rings. The van der Waals surface area contributed by atoms with Crippen LogP contribution in [0.15, 0.2) is 18.3 Å². The van der Waals surface area contributed by atoms with Gasteiger partial charge in [0.05, 0.1) is 24.1 Å². The molecule has 1 aliphatic rings. The second kappa shape index (κ2) is 7.11. The van der Waals surface area contributed by atoms with Gasteiger partial charge in [-0.3, -0.25) is 4.98 Å². The predicted octanol–water partition coefficient (Wildman–Crippen LogP) is 1.74. The summed E-state index contributed by atoms with van der Waals surface area (Å²) < 4.78 is 12.8. The predicted molar refractivity (Wildman–Crippen MR) is 74.6 cm³/mol. The molecule has 2 heterocycles. The van der Waals surface area contributed by atoms with Gasteiger partial charge in [-0.15, -0.1) is 0 Å². The number of pyridine rings is 1. The van der Waals surface area contributed by atoms with Crippen molar-refractivity contribution in [1.29, 1.82) is 0 Å². The average Bonchev–Trinajstić information content (AvgIpc) is 2.46. The fraction of sp³-hybridized carbons (Fsp3) is 0.667. The van der Waals surface area contributed by atoms with Gasteiger partial charge in [-0.05, 0) is 57.3 Å². The number of hydrogen-bond acceptors (Lipinski definition) is 4. The van der Waals surface area contributed by atoms with E-state index in [1.807, 2.05) is 6.92 Å². The second-order valence-corrected chi connectivity index (χ2v) is 5.63. The number of aromatic nitrogens is 1. The SMILES string of the molecule is CC(O)C1CCN(CCC(O)c2ccc(F)cn2)CC1. The molecule has 1 aromatic heterocycles. The maximum absolute atomic E-state index is 12.8. The third-order valence-corrected chi connectivity index (χ3v) is 4.12. The van der Waals surface area contributed by atoms with Gasteiger partial charge in [0.25, 0.3) is 0 Å². The maximum Gasteiger partial charge on any atom is 0.141 e. The van der Waals surface area contributed by atoms with Crippen LogP contribution in [-0.4, -0.2) is 45.8 Å². The normalized spacial score (nSPS) is 20.8. The molecule has 0 bridgehead atoms. The van der Waals surface area contributed by atoms with Crippen LogP contribution in [0.1, 0.15) is 38.0 Å². The van der Waals surface area contributed by atoms with Crippen LogP contribution in [-0.2, 0) is 0 Å². The summed E-state index contributed by atoms with van der Waals surface area (Å²) in [6.45, 7) is 4.56. The lowest BCUT2D eigenvalue weighted by atomic mass is 9.92. The first-order chi connectivity index (χ1) is 9.56. The zero-order chi connectivity index (χ0) is 14.5. The fourth-order valence-electron chi connectivity index (χ4n) is 2.70. The van der Waals surface area contributed by atoms with E-state index in [1.165, 1.54) is 12.1 Å². The maximum atomic E-state index is 12.8. The number of likely N-dealkylation sites (tertiary alicyclic amines) is 1. The molecule has 0 aliphatic carbocycles. The Bertz CT molecular complexity index is 403. The summed E-state index contributed by atoms with van der Waals surface area (Å²) in [4.78, 5) is 6.20. The molecule has 20 heavy (non-hydrogen) atoms. The Morgan fingerprint density at radius 2 is 2.05 bits per heavy atom. The third kappa shape index (κ3) is 4.23. The Kier molecular flexibility index (Phi) is 5.46. The molecule has 0 spiro atoms. The molecule has 2 atom stereocenters. The highest BCUT2D eigenvalue weighted by Crippen LogP contribution is 2.22. The van der Waals surface area contributed by atoms with Gasteiger partial charge in [0, 0.05) is 6.54 Å². The van der Waals surface area contributed by atoms with Gasteiger partial charge in [-0.1, -0.05) is 0 Å². The smallest absolute Gasteiger partial charge is 0.141 e. The highest BCUT2D eigenvalue weighted by molar-refractivity contribution is 5.07. The van der Waals surface area contributed by atoms with E-state index in [0.717, 1.165) is 38.7 Å². The first-order valence-electron chi connectivity index (χ1n) is 7.26. The number of aliphatic hydroxyl groups excluding tert-OH is 2. The largest absolute Gasteiger partial charge is 0.393 e. The van der Waals surface area contributed by atoms with Gasteiger partial charge in [-0.2, -0.15) is 0 Å². The molecule has 1 aliphatic heterocycles. The van der Waals surface area contributed by atoms with Crippen molar-refractivity contribution in [1.82, 2.24) is 9.88 Å². The summed E-state index contributed by atoms with van der Waals surface area (Å²) in [7, 11) is 0. The van der Waals surface area contributed by atoms with Crippen molar-refractivity contribution < 1.29 is 14.6 Å². The zero-order valence-electron chi connectivity index (χ0n) is 11.9. The number of halogens is 1. The summed E-state index contributed by atoms with van der Waals surface area (Å²) in [5.74, 6) is 0.0103. The topological polar surface area (TPSA) is 56.6 Å². The Morgan fingerprint density at radius 3 is 2.60 bits per heavy atom. The van der Waals surface area contributed by atoms with E-state index in [1.54, 1.807) is 0 Å². The van der Waals surface area contributed by atoms with Crippen LogP contribution >= 0.6 is 0 Å². The molecular formula is C15H23FN2O2. The Labute approximate surface area is 119 Å². The molecule has 112 valence electrons. The quantitative estimate of drug-likeness (QED) is 0.863. The lowest BCUT2D eigenvalue weighted by Gasteiger charge is -2.33. The van der Waals surface area contributed by atoms with E-state index in [2.05, 4.69) is 9.88 Å². The van der Waals surface area contributed by atoms with E-state index in [0.29, 0.717) is 18.0 Å². The Balaban J connectivity index is 1.74. The van der Waals surface area contributed by atoms with E-state index >= 15 is 0 Å². The van der Waals surface area contributed by atoms with Crippen molar-refractivity contribution in [3.8, 4) is 0 Å². The van der Waals surface area contributed by atoms with Gasteiger partial charge in [0.15, 0.2) is 0 Å². The van der Waals surface area contributed by atoms with Crippen molar-refractivity contribution in [3.05, 3.63) is 29.8 Å². The summed E-state index contributed by atoms with van der Waals surface area (Å²) >= 11 is 0. The van der Waals surface area contributed by atoms with Crippen molar-refractivity contribution >= 4 is 0 Å². The van der Waals surface area contributed by atoms with Crippen LogP contribution in [0.25, 0.3) is 0 Å². The number of aliphatic hydroxyl groups is 2. The minimum atomic E-state index is -0.648. The summed E-state index contributed by atoms with van der Waals surface area (Å²) in [6, 6.07) is 2.85. The summed E-state index contributed by atoms with van der Waals surface area (Å²) in [5.41, 5.74) is 0.519. The van der Waals surface area contributed by atoms with Crippen LogP contribution in [0, 0.1) is 11.7 Å². The van der Waals surface area contributed by atoms with Crippen LogP contribution in [0.2, 0.25) is 0 Å². The van der Waals surface area contributed by atoms with E-state index in [-0.39, 0.29) is 11.9 Å². The van der Waals surface area contributed by atoms with Gasteiger partial charge in [0.2, 0.25) is 0 Å². The minimum Gasteiger partial charge on any atom is -0.393 e. The highest BCUT2D eigenvalue weighted by Gasteiger charge is 2.23. The van der Waals surface area contributed by atoms with Crippen molar-refractivity contribution in [2.75, 3.05) is 19.6 Å². The lowest BCUT2D eigenvalue weighted by molar-refractivity contribution is 0.0637. The second-order valence-electron chi connectivity index (χ2n) is 5.63. The Hall–Kier alpha value is -1.04. The van der Waals surface area contributed by atoms with Crippen molar-refractivity contribution in [3.63, 3.8) is 0 Å². The minimum absolute atomic E-state index is 0.230. The molecule has 0 aromatic carbocycles. The van der Waals surface area contributed by atoms with E-state index in [9.17, 15) is 14.6 Å². The monoisotopic (exact) mass is 282 g/mol. The standard InChI is InChI=1S/C15H23FN2O2/c1-11(19)12-4-7-18(8-5-12)9-6-15(20)14-3-2-13(16)10-17-14/h2-3,10-12,15,19-20H,4-9H2,1H3. The van der Waals surface area contributed by atoms with E-state index < -0.39 is 6.10 Å². The zero-order valence-corrected chi connectivity index (χ0v) is 11.9. The van der Waals surface area contributed by atoms with Crippen LogP contribution in [0.4, 0.5) is 4.39 Å². The highest BCUT2D eigenvalue weighted by atomic mass is 19.1. The molecule has 1 saturated heterocycles. The molecule has 2 N–H and O–H groups in total. The van der Waals surface area contributed by atoms with E-state index in [4.69, 9.17) is 0 Å². The lowest BCUT2D eigenvalue weighted by Crippen LogP contribution is -2.37. The van der Waals surface area contributed by atoms with Gasteiger partial charge < -0.3 is 15.1 Å². The first kappa shape index (κ1) is 15.4. The van der Waals surface area contributed by atoms with Crippen LogP contribution < -0.4 is 0 Å². The molecule has 4 nitrogen and oxygen atoms in total. The van der Waals surface area contributed by atoms with Crippen LogP contribution in [0.5, 0.6) is 0 Å². The molecule has 5 heteroatoms. The molecule has 2 rings (SSSR count). The van der Waals surface area contributed by atoms with Crippen molar-refractivity contribution in [2.24, 2.45) is 5.92 Å². The average molecular weight is 282 g/mol. The first-order valence-corrected chi connectivity index (χ1v) is 7.26. The van der Waals surface area contributed by atoms with Gasteiger partial charge in [-0.25, -0.2) is 4.39 Å². The third-order valence-electron chi connectivity index (χ3n) is 4.12. The Morgan fingerprint density at radius 1 is 1.35 bits per heavy atom.